The summed E-state index contributed by atoms with van der Waals surface area (Å²) in [5.41, 5.74) is 0.565. The van der Waals surface area contributed by atoms with E-state index in [1.807, 2.05) is 49.4 Å². The molecule has 0 radical (unpaired) electrons. The molecule has 13 heteroatoms. The molecule has 2 heterocycles. The lowest BCUT2D eigenvalue weighted by Gasteiger charge is -2.61. The summed E-state index contributed by atoms with van der Waals surface area (Å²) in [7, 11) is 0. The molecule has 1 amide bonds. The first-order valence-corrected chi connectivity index (χ1v) is 21.0. The molecule has 7 rings (SSSR count). The molecule has 3 saturated carbocycles. The number of phenols is 1. The van der Waals surface area contributed by atoms with Crippen molar-refractivity contribution in [1.82, 2.24) is 19.9 Å². The Hall–Kier alpha value is -4.20. The predicted molar refractivity (Wildman–Crippen MR) is 216 cm³/mol. The lowest BCUT2D eigenvalue weighted by Crippen LogP contribution is -2.63. The number of hydrogen-bond acceptors (Lipinski definition) is 11. The van der Waals surface area contributed by atoms with Gasteiger partial charge in [0.15, 0.2) is 0 Å². The molecule has 0 unspecified atom stereocenters. The summed E-state index contributed by atoms with van der Waals surface area (Å²) in [6.07, 6.45) is 5.70. The molecular formula is C43H56N6O6S. The minimum Gasteiger partial charge on any atom is -0.506 e. The molecule has 2 bridgehead atoms. The minimum absolute atomic E-state index is 0.00850. The van der Waals surface area contributed by atoms with E-state index in [-0.39, 0.29) is 52.9 Å². The number of aromatic nitrogens is 3. The standard InChI is InChI=1S/C43H56N6O6S/c1-6-41(4)23-36(42(5)28(2)15-17-43(29(3)40(41)54)18-16-34(51)39(42)43)55-38(53)27-56-35-14-10-7-11-31(35)44-37(52)26-49-25-30(45-46-49)24-47-19-21-48(22-20-47)32-12-8-9-13-33(32)50/h6-14,25,28-29,36,39-40,50,54H,1,15-24,26-27H2,2-5H3,(H,44,52)/t28-,29+,36-,39+,40+,41-,42+,43+/m1/s1. The van der Waals surface area contributed by atoms with Crippen LogP contribution in [0.4, 0.5) is 11.4 Å². The number of hydrogen-bond donors (Lipinski definition) is 3. The number of phenolic OH excluding ortho intramolecular Hbond substituents is 1. The minimum atomic E-state index is -0.722. The number of carbonyl (C=O) groups excluding carboxylic acids is 3. The number of carbonyl (C=O) groups is 3. The van der Waals surface area contributed by atoms with Gasteiger partial charge in [0.1, 0.15) is 24.2 Å². The molecule has 3 aromatic rings. The molecule has 2 aromatic carbocycles. The van der Waals surface area contributed by atoms with Crippen LogP contribution in [0.25, 0.3) is 0 Å². The van der Waals surface area contributed by atoms with Crippen molar-refractivity contribution >= 4 is 40.8 Å². The highest BCUT2D eigenvalue weighted by molar-refractivity contribution is 8.00. The summed E-state index contributed by atoms with van der Waals surface area (Å²) in [6.45, 7) is 16.3. The van der Waals surface area contributed by atoms with Crippen molar-refractivity contribution in [3.05, 3.63) is 73.1 Å². The van der Waals surface area contributed by atoms with Crippen molar-refractivity contribution in [1.29, 1.82) is 0 Å². The average Bonchev–Trinajstić information content (AvgIpc) is 3.78. The van der Waals surface area contributed by atoms with Gasteiger partial charge < -0.3 is 25.2 Å². The quantitative estimate of drug-likeness (QED) is 0.120. The number of benzene rings is 2. The first-order chi connectivity index (χ1) is 26.8. The largest absolute Gasteiger partial charge is 0.506 e. The highest BCUT2D eigenvalue weighted by atomic mass is 32.2. The molecule has 12 nitrogen and oxygen atoms in total. The number of ketones is 1. The Labute approximate surface area is 334 Å². The van der Waals surface area contributed by atoms with Crippen LogP contribution < -0.4 is 10.2 Å². The van der Waals surface area contributed by atoms with Crippen LogP contribution in [-0.2, 0) is 32.2 Å². The maximum Gasteiger partial charge on any atom is 0.316 e. The average molecular weight is 785 g/mol. The van der Waals surface area contributed by atoms with E-state index in [0.29, 0.717) is 25.1 Å². The smallest absolute Gasteiger partial charge is 0.316 e. The van der Waals surface area contributed by atoms with E-state index in [1.54, 1.807) is 18.3 Å². The van der Waals surface area contributed by atoms with Crippen molar-refractivity contribution < 1.29 is 29.3 Å². The second-order valence-electron chi connectivity index (χ2n) is 17.1. The molecule has 1 aliphatic heterocycles. The second kappa shape index (κ2) is 16.0. The molecule has 0 spiro atoms. The Morgan fingerprint density at radius 1 is 1.07 bits per heavy atom. The van der Waals surface area contributed by atoms with E-state index in [9.17, 15) is 24.6 Å². The van der Waals surface area contributed by atoms with Gasteiger partial charge in [0.2, 0.25) is 5.91 Å². The van der Waals surface area contributed by atoms with Gasteiger partial charge in [0, 0.05) is 60.8 Å². The van der Waals surface area contributed by atoms with Crippen LogP contribution >= 0.6 is 11.8 Å². The van der Waals surface area contributed by atoms with Crippen LogP contribution in [0.1, 0.15) is 65.5 Å². The number of aliphatic hydroxyl groups excluding tert-OH is 1. The maximum absolute atomic E-state index is 13.8. The number of ether oxygens (including phenoxy) is 1. The van der Waals surface area contributed by atoms with Gasteiger partial charge in [-0.25, -0.2) is 4.68 Å². The Morgan fingerprint density at radius 2 is 1.80 bits per heavy atom. The Kier molecular flexibility index (Phi) is 11.4. The molecule has 1 saturated heterocycles. The number of nitrogens with zero attached hydrogens (tertiary/aromatic N) is 5. The summed E-state index contributed by atoms with van der Waals surface area (Å²) in [6, 6.07) is 14.7. The van der Waals surface area contributed by atoms with Crippen LogP contribution in [0.3, 0.4) is 0 Å². The first-order valence-electron chi connectivity index (χ1n) is 20.0. The van der Waals surface area contributed by atoms with Crippen LogP contribution in [0, 0.1) is 34.0 Å². The monoisotopic (exact) mass is 784 g/mol. The number of thioether (sulfide) groups is 1. The van der Waals surface area contributed by atoms with E-state index in [2.05, 4.69) is 52.8 Å². The molecule has 8 atom stereocenters. The number of rotatable bonds is 11. The van der Waals surface area contributed by atoms with Crippen LogP contribution in [0.5, 0.6) is 5.75 Å². The van der Waals surface area contributed by atoms with Crippen LogP contribution in [0.15, 0.2) is 72.3 Å². The molecule has 4 fully saturated rings. The number of aromatic hydroxyl groups is 1. The Balaban J connectivity index is 0.961. The molecule has 56 heavy (non-hydrogen) atoms. The fourth-order valence-electron chi connectivity index (χ4n) is 10.5. The summed E-state index contributed by atoms with van der Waals surface area (Å²) in [5, 5.41) is 33.5. The molecule has 3 aliphatic carbocycles. The molecule has 300 valence electrons. The van der Waals surface area contributed by atoms with E-state index in [4.69, 9.17) is 4.74 Å². The van der Waals surface area contributed by atoms with Crippen molar-refractivity contribution in [2.45, 2.75) is 90.0 Å². The van der Waals surface area contributed by atoms with Crippen molar-refractivity contribution in [2.24, 2.45) is 34.0 Å². The fraction of sp³-hybridized carbons (Fsp3) is 0.558. The Bertz CT molecular complexity index is 1950. The topological polar surface area (TPSA) is 150 Å². The van der Waals surface area contributed by atoms with Gasteiger partial charge in [0.05, 0.1) is 35.1 Å². The summed E-state index contributed by atoms with van der Waals surface area (Å²) in [5.74, 6) is -0.392. The van der Waals surface area contributed by atoms with Gasteiger partial charge in [-0.2, -0.15) is 0 Å². The number of aliphatic hydroxyl groups is 1. The molecule has 3 N–H and O–H groups in total. The first kappa shape index (κ1) is 40.0. The fourth-order valence-corrected chi connectivity index (χ4v) is 11.2. The number of esters is 1. The number of piperazine rings is 1. The summed E-state index contributed by atoms with van der Waals surface area (Å²) in [4.78, 5) is 45.9. The number of nitrogens with one attached hydrogen (secondary N) is 1. The number of Topliss-reactive ketones (excluding diaryl/α,β-unsaturated/α-hetero) is 1. The van der Waals surface area contributed by atoms with E-state index in [0.717, 1.165) is 61.7 Å². The SMILES string of the molecule is C=C[C@]1(C)C[C@@H](OC(=O)CSc2ccccc2NC(=O)Cn2cc(CN3CCN(c4ccccc4O)CC3)nn2)[C@]2(C)[C@H](C)CC[C@]3(CCC(=O)[C@H]32)[C@@H](C)[C@@H]1O. The molecular weight excluding hydrogens is 729 g/mol. The van der Waals surface area contributed by atoms with Gasteiger partial charge in [0.25, 0.3) is 0 Å². The molecule has 1 aromatic heterocycles. The number of amides is 1. The van der Waals surface area contributed by atoms with Crippen LogP contribution in [-0.4, -0.2) is 91.9 Å². The van der Waals surface area contributed by atoms with E-state index in [1.165, 1.54) is 16.4 Å². The van der Waals surface area contributed by atoms with Gasteiger partial charge in [-0.3, -0.25) is 19.3 Å². The third kappa shape index (κ3) is 7.49. The lowest BCUT2D eigenvalue weighted by atomic mass is 9.44. The zero-order chi connectivity index (χ0) is 39.8. The predicted octanol–water partition coefficient (Wildman–Crippen LogP) is 5.94. The van der Waals surface area contributed by atoms with Crippen molar-refractivity contribution in [3.63, 3.8) is 0 Å². The van der Waals surface area contributed by atoms with Crippen molar-refractivity contribution in [3.8, 4) is 5.75 Å². The second-order valence-corrected chi connectivity index (χ2v) is 18.1. The third-order valence-corrected chi connectivity index (χ3v) is 15.0. The van der Waals surface area contributed by atoms with E-state index < -0.39 is 29.0 Å². The Morgan fingerprint density at radius 3 is 2.55 bits per heavy atom. The zero-order valence-corrected chi connectivity index (χ0v) is 33.8. The van der Waals surface area contributed by atoms with Gasteiger partial charge in [-0.05, 0) is 67.2 Å². The summed E-state index contributed by atoms with van der Waals surface area (Å²) >= 11 is 1.29. The zero-order valence-electron chi connectivity index (χ0n) is 33.0. The lowest BCUT2D eigenvalue weighted by molar-refractivity contribution is -0.205. The van der Waals surface area contributed by atoms with Gasteiger partial charge >= 0.3 is 5.97 Å². The number of para-hydroxylation sites is 3. The van der Waals surface area contributed by atoms with Crippen molar-refractivity contribution in [2.75, 3.05) is 42.1 Å². The highest BCUT2D eigenvalue weighted by Crippen LogP contribution is 2.68. The van der Waals surface area contributed by atoms with Gasteiger partial charge in [-0.15, -0.1) is 23.4 Å². The summed E-state index contributed by atoms with van der Waals surface area (Å²) < 4.78 is 7.96. The third-order valence-electron chi connectivity index (χ3n) is 14.0. The normalized spacial score (nSPS) is 31.9. The molecule has 4 aliphatic rings. The maximum atomic E-state index is 13.8. The van der Waals surface area contributed by atoms with E-state index >= 15 is 0 Å². The number of anilines is 2. The van der Waals surface area contributed by atoms with Gasteiger partial charge in [-0.1, -0.05) is 63.2 Å². The highest BCUT2D eigenvalue weighted by Gasteiger charge is 2.68. The van der Waals surface area contributed by atoms with Crippen LogP contribution in [0.2, 0.25) is 0 Å².